The summed E-state index contributed by atoms with van der Waals surface area (Å²) in [6, 6.07) is 0. The first-order valence-electron chi connectivity index (χ1n) is 8.07. The molecule has 0 heteroatoms. The van der Waals surface area contributed by atoms with Crippen LogP contribution in [0, 0.1) is 17.3 Å². The molecule has 0 fully saturated rings. The molecule has 2 unspecified atom stereocenters. The van der Waals surface area contributed by atoms with Gasteiger partial charge in [-0.05, 0) is 65.5 Å². The molecule has 0 saturated heterocycles. The molecule has 0 aromatic rings. The molecule has 0 spiro atoms. The molecule has 0 nitrogen and oxygen atoms in total. The van der Waals surface area contributed by atoms with E-state index in [0.717, 1.165) is 0 Å². The number of rotatable bonds is 3. The van der Waals surface area contributed by atoms with Crippen molar-refractivity contribution in [2.24, 2.45) is 17.3 Å². The lowest BCUT2D eigenvalue weighted by Gasteiger charge is -2.37. The van der Waals surface area contributed by atoms with Crippen LogP contribution in [0.25, 0.3) is 0 Å². The van der Waals surface area contributed by atoms with Crippen LogP contribution >= 0.6 is 0 Å². The van der Waals surface area contributed by atoms with E-state index < -0.39 is 0 Å². The first-order chi connectivity index (χ1) is 9.83. The van der Waals surface area contributed by atoms with Crippen molar-refractivity contribution in [3.63, 3.8) is 0 Å². The summed E-state index contributed by atoms with van der Waals surface area (Å²) in [4.78, 5) is 0. The van der Waals surface area contributed by atoms with E-state index in [4.69, 9.17) is 0 Å². The summed E-state index contributed by atoms with van der Waals surface area (Å²) in [6.07, 6.45) is 15.0. The Hall–Kier alpha value is -1.52. The van der Waals surface area contributed by atoms with Crippen molar-refractivity contribution in [2.75, 3.05) is 0 Å². The van der Waals surface area contributed by atoms with Gasteiger partial charge in [0.1, 0.15) is 0 Å². The van der Waals surface area contributed by atoms with E-state index >= 15 is 0 Å². The molecule has 0 N–H and O–H groups in total. The molecule has 2 aliphatic carbocycles. The highest BCUT2D eigenvalue weighted by atomic mass is 14.4. The molecule has 0 heterocycles. The van der Waals surface area contributed by atoms with Gasteiger partial charge in [0.2, 0.25) is 0 Å². The number of hydrogen-bond donors (Lipinski definition) is 0. The van der Waals surface area contributed by atoms with Gasteiger partial charge in [0.25, 0.3) is 0 Å². The first kappa shape index (κ1) is 15.9. The highest BCUT2D eigenvalue weighted by Crippen LogP contribution is 2.41. The van der Waals surface area contributed by atoms with Crippen LogP contribution < -0.4 is 0 Å². The predicted molar refractivity (Wildman–Crippen MR) is 93.1 cm³/mol. The van der Waals surface area contributed by atoms with Crippen LogP contribution in [0.3, 0.4) is 0 Å². The van der Waals surface area contributed by atoms with Crippen LogP contribution in [0.4, 0.5) is 0 Å². The molecule has 2 atom stereocenters. The van der Waals surface area contributed by atoms with Gasteiger partial charge in [-0.3, -0.25) is 0 Å². The first-order valence-corrected chi connectivity index (χ1v) is 8.07. The van der Waals surface area contributed by atoms with Gasteiger partial charge in [-0.15, -0.1) is 5.73 Å². The molecule has 0 saturated carbocycles. The van der Waals surface area contributed by atoms with E-state index in [1.165, 1.54) is 28.7 Å². The minimum Gasteiger partial charge on any atom is -0.117 e. The van der Waals surface area contributed by atoms with E-state index in [1.54, 1.807) is 0 Å². The van der Waals surface area contributed by atoms with Gasteiger partial charge in [0, 0.05) is 0 Å². The van der Waals surface area contributed by atoms with Gasteiger partial charge in [-0.2, -0.15) is 0 Å². The third-order valence-electron chi connectivity index (χ3n) is 4.92. The normalized spacial score (nSPS) is 25.8. The molecular formula is C21H28. The van der Waals surface area contributed by atoms with Gasteiger partial charge in [0.05, 0.1) is 0 Å². The zero-order chi connectivity index (χ0) is 15.6. The van der Waals surface area contributed by atoms with Crippen LogP contribution in [0.2, 0.25) is 0 Å². The maximum absolute atomic E-state index is 3.31. The molecule has 0 amide bonds. The fraction of sp³-hybridized carbons (Fsp3) is 0.476. The summed E-state index contributed by atoms with van der Waals surface area (Å²) < 4.78 is 0. The SMILES string of the molecule is CCC(C)(C)C1C=CC(C2=CC(C)=C=CC(C)=C2)=CC1C. The highest BCUT2D eigenvalue weighted by Gasteiger charge is 2.31. The van der Waals surface area contributed by atoms with Crippen molar-refractivity contribution in [1.82, 2.24) is 0 Å². The second-order valence-electron chi connectivity index (χ2n) is 7.17. The molecule has 0 aromatic heterocycles. The lowest BCUT2D eigenvalue weighted by atomic mass is 9.68. The molecule has 0 aromatic carbocycles. The largest absolute Gasteiger partial charge is 0.117 e. The zero-order valence-corrected chi connectivity index (χ0v) is 14.3. The smallest absolute Gasteiger partial charge is 0.00851 e. The summed E-state index contributed by atoms with van der Waals surface area (Å²) in [7, 11) is 0. The molecule has 112 valence electrons. The maximum Gasteiger partial charge on any atom is -0.00851 e. The van der Waals surface area contributed by atoms with E-state index in [2.05, 4.69) is 83.7 Å². The van der Waals surface area contributed by atoms with Crippen LogP contribution in [0.1, 0.15) is 48.0 Å². The van der Waals surface area contributed by atoms with Gasteiger partial charge in [-0.1, -0.05) is 58.4 Å². The van der Waals surface area contributed by atoms with Crippen LogP contribution in [-0.2, 0) is 0 Å². The van der Waals surface area contributed by atoms with Crippen molar-refractivity contribution >= 4 is 0 Å². The van der Waals surface area contributed by atoms with Gasteiger partial charge in [-0.25, -0.2) is 0 Å². The molecule has 21 heavy (non-hydrogen) atoms. The van der Waals surface area contributed by atoms with Crippen molar-refractivity contribution < 1.29 is 0 Å². The fourth-order valence-corrected chi connectivity index (χ4v) is 3.22. The predicted octanol–water partition coefficient (Wildman–Crippen LogP) is 6.16. The Kier molecular flexibility index (Phi) is 4.59. The van der Waals surface area contributed by atoms with E-state index in [-0.39, 0.29) is 0 Å². The molecular weight excluding hydrogens is 252 g/mol. The zero-order valence-electron chi connectivity index (χ0n) is 14.3. The number of hydrogen-bond acceptors (Lipinski definition) is 0. The molecule has 0 bridgehead atoms. The van der Waals surface area contributed by atoms with Crippen LogP contribution in [-0.4, -0.2) is 0 Å². The second kappa shape index (κ2) is 6.08. The lowest BCUT2D eigenvalue weighted by Crippen LogP contribution is -2.28. The molecule has 0 radical (unpaired) electrons. The van der Waals surface area contributed by atoms with Crippen molar-refractivity contribution in [1.29, 1.82) is 0 Å². The second-order valence-corrected chi connectivity index (χ2v) is 7.17. The van der Waals surface area contributed by atoms with E-state index in [0.29, 0.717) is 17.3 Å². The van der Waals surface area contributed by atoms with Crippen molar-refractivity contribution in [2.45, 2.75) is 48.0 Å². The Morgan fingerprint density at radius 1 is 1.14 bits per heavy atom. The van der Waals surface area contributed by atoms with Crippen molar-refractivity contribution in [3.05, 3.63) is 64.5 Å². The summed E-state index contributed by atoms with van der Waals surface area (Å²) in [6.45, 7) is 13.6. The maximum atomic E-state index is 3.31. The van der Waals surface area contributed by atoms with Gasteiger partial charge in [0.15, 0.2) is 0 Å². The average molecular weight is 280 g/mol. The van der Waals surface area contributed by atoms with Crippen LogP contribution in [0.5, 0.6) is 0 Å². The summed E-state index contributed by atoms with van der Waals surface area (Å²) in [5.74, 6) is 1.20. The Labute approximate surface area is 130 Å². The minimum atomic E-state index is 0.360. The fourth-order valence-electron chi connectivity index (χ4n) is 3.22. The Morgan fingerprint density at radius 3 is 2.48 bits per heavy atom. The highest BCUT2D eigenvalue weighted by molar-refractivity contribution is 5.54. The third kappa shape index (κ3) is 3.57. The minimum absolute atomic E-state index is 0.360. The van der Waals surface area contributed by atoms with Gasteiger partial charge < -0.3 is 0 Å². The van der Waals surface area contributed by atoms with Crippen LogP contribution in [0.15, 0.2) is 64.5 Å². The average Bonchev–Trinajstić information content (AvgIpc) is 2.60. The van der Waals surface area contributed by atoms with Crippen molar-refractivity contribution in [3.8, 4) is 0 Å². The molecule has 0 aliphatic heterocycles. The van der Waals surface area contributed by atoms with E-state index in [9.17, 15) is 0 Å². The third-order valence-corrected chi connectivity index (χ3v) is 4.92. The standard InChI is InChI=1S/C21H28/c1-7-21(5,6)20-11-10-18(14-17(20)4)19-12-15(2)8-9-16(3)13-19/h8,10-14,17,20H,7H2,1-6H3. The Balaban J connectivity index is 2.30. The summed E-state index contributed by atoms with van der Waals surface area (Å²) >= 11 is 0. The molecule has 2 aliphatic rings. The number of allylic oxidation sites excluding steroid dienone is 9. The Bertz CT molecular complexity index is 596. The molecule has 2 rings (SSSR count). The topological polar surface area (TPSA) is 0 Å². The quantitative estimate of drug-likeness (QED) is 0.543. The summed E-state index contributed by atoms with van der Waals surface area (Å²) in [5.41, 5.74) is 8.78. The Morgan fingerprint density at radius 2 is 1.86 bits per heavy atom. The van der Waals surface area contributed by atoms with E-state index in [1.807, 2.05) is 0 Å². The monoisotopic (exact) mass is 280 g/mol. The summed E-state index contributed by atoms with van der Waals surface area (Å²) in [5, 5.41) is 0. The van der Waals surface area contributed by atoms with Gasteiger partial charge >= 0.3 is 0 Å². The lowest BCUT2D eigenvalue weighted by molar-refractivity contribution is 0.207.